The van der Waals surface area contributed by atoms with Crippen molar-refractivity contribution in [2.75, 3.05) is 6.54 Å². The van der Waals surface area contributed by atoms with Crippen LogP contribution in [-0.4, -0.2) is 87.6 Å². The second kappa shape index (κ2) is 17.8. The Kier molecular flexibility index (Phi) is 14.9. The average Bonchev–Trinajstić information content (AvgIpc) is 2.90. The summed E-state index contributed by atoms with van der Waals surface area (Å²) in [6.45, 7) is 0.265. The zero-order valence-corrected chi connectivity index (χ0v) is 22.3. The number of nitrogens with two attached hydrogens (primary N) is 2. The first-order valence-corrected chi connectivity index (χ1v) is 12.7. The smallest absolute Gasteiger partial charge is 0.326 e. The van der Waals surface area contributed by atoms with Crippen LogP contribution in [0.1, 0.15) is 44.1 Å². The molecule has 0 unspecified atom stereocenters. The van der Waals surface area contributed by atoms with E-state index in [0.29, 0.717) is 12.0 Å². The van der Waals surface area contributed by atoms with Gasteiger partial charge < -0.3 is 48.1 Å². The molecular weight excluding hydrogens is 542 g/mol. The van der Waals surface area contributed by atoms with Crippen molar-refractivity contribution in [1.82, 2.24) is 21.3 Å². The standard InChI is InChI=1S/C25H37N7O9/c26-15(7-4-12-29-25(27)28)21(37)30-16(8-10-19(33)34)22(38)31-17(9-11-20(35)36)23(39)32-18(24(40)41)13-14-5-2-1-3-6-14/h1-3,5-6,15-18H,4,7-13,26H2,(H,30,37)(H,31,38)(H,32,39)(H,33,34)(H,35,36)(H,40,41)(H4,27,28,29)/t15-,16-,17-,18-/m0/s1. The molecule has 0 aliphatic carbocycles. The molecule has 0 aliphatic rings. The highest BCUT2D eigenvalue weighted by molar-refractivity contribution is 5.94. The zero-order chi connectivity index (χ0) is 30.9. The maximum absolute atomic E-state index is 13.1. The van der Waals surface area contributed by atoms with Gasteiger partial charge in [-0.1, -0.05) is 30.3 Å². The predicted octanol–water partition coefficient (Wildman–Crippen LogP) is -1.91. The van der Waals surface area contributed by atoms with E-state index in [1.54, 1.807) is 30.3 Å². The Bertz CT molecular complexity index is 1080. The quantitative estimate of drug-likeness (QED) is 0.0488. The number of amides is 3. The van der Waals surface area contributed by atoms with Crippen LogP contribution in [0.2, 0.25) is 0 Å². The van der Waals surface area contributed by atoms with Crippen LogP contribution in [0.4, 0.5) is 0 Å². The molecule has 0 heterocycles. The Morgan fingerprint density at radius 3 is 1.71 bits per heavy atom. The molecule has 0 aromatic heterocycles. The third kappa shape index (κ3) is 14.3. The molecule has 0 spiro atoms. The first-order chi connectivity index (χ1) is 19.3. The number of carboxylic acid groups (broad SMARTS) is 3. The number of carboxylic acids is 3. The molecule has 0 saturated carbocycles. The maximum atomic E-state index is 13.1. The normalized spacial score (nSPS) is 13.5. The van der Waals surface area contributed by atoms with Crippen LogP contribution in [0, 0.1) is 5.41 Å². The van der Waals surface area contributed by atoms with E-state index in [9.17, 15) is 33.9 Å². The summed E-state index contributed by atoms with van der Waals surface area (Å²) >= 11 is 0. The van der Waals surface area contributed by atoms with E-state index in [0.717, 1.165) is 0 Å². The number of rotatable bonds is 19. The second-order valence-electron chi connectivity index (χ2n) is 9.17. The second-order valence-corrected chi connectivity index (χ2v) is 9.17. The predicted molar refractivity (Wildman–Crippen MR) is 144 cm³/mol. The Morgan fingerprint density at radius 2 is 1.24 bits per heavy atom. The van der Waals surface area contributed by atoms with E-state index in [4.69, 9.17) is 27.1 Å². The van der Waals surface area contributed by atoms with Crippen molar-refractivity contribution in [2.24, 2.45) is 11.5 Å². The number of aliphatic carboxylic acids is 3. The lowest BCUT2D eigenvalue weighted by Crippen LogP contribution is -2.57. The molecule has 4 atom stereocenters. The SMILES string of the molecule is N=C(N)NCCC[C@H](N)C(=O)N[C@@H](CCC(=O)O)C(=O)N[C@@H](CCC(=O)O)C(=O)N[C@@H](Cc1ccccc1)C(=O)O. The Balaban J connectivity index is 3.00. The van der Waals surface area contributed by atoms with Gasteiger partial charge >= 0.3 is 17.9 Å². The molecule has 1 aromatic carbocycles. The van der Waals surface area contributed by atoms with Crippen molar-refractivity contribution in [1.29, 1.82) is 5.41 Å². The number of nitrogens with one attached hydrogen (secondary N) is 5. The van der Waals surface area contributed by atoms with Gasteiger partial charge in [0, 0.05) is 25.8 Å². The maximum Gasteiger partial charge on any atom is 0.326 e. The first-order valence-electron chi connectivity index (χ1n) is 12.7. The summed E-state index contributed by atoms with van der Waals surface area (Å²) in [5, 5.41) is 44.4. The van der Waals surface area contributed by atoms with Crippen molar-refractivity contribution in [3.8, 4) is 0 Å². The number of hydrogen-bond acceptors (Lipinski definition) is 8. The van der Waals surface area contributed by atoms with Gasteiger partial charge in [-0.25, -0.2) is 4.79 Å². The molecule has 0 fully saturated rings. The number of guanidine groups is 1. The van der Waals surface area contributed by atoms with Gasteiger partial charge in [-0.15, -0.1) is 0 Å². The van der Waals surface area contributed by atoms with Gasteiger partial charge in [-0.05, 0) is 31.2 Å². The summed E-state index contributed by atoms with van der Waals surface area (Å²) in [6, 6.07) is 2.98. The van der Waals surface area contributed by atoms with Crippen LogP contribution in [0.5, 0.6) is 0 Å². The van der Waals surface area contributed by atoms with Gasteiger partial charge in [0.2, 0.25) is 17.7 Å². The summed E-state index contributed by atoms with van der Waals surface area (Å²) in [4.78, 5) is 72.7. The highest BCUT2D eigenvalue weighted by Crippen LogP contribution is 2.07. The van der Waals surface area contributed by atoms with Gasteiger partial charge in [0.25, 0.3) is 0 Å². The van der Waals surface area contributed by atoms with E-state index >= 15 is 0 Å². The molecular formula is C25H37N7O9. The summed E-state index contributed by atoms with van der Waals surface area (Å²) in [7, 11) is 0. The summed E-state index contributed by atoms with van der Waals surface area (Å²) in [5.74, 6) is -6.89. The molecule has 226 valence electrons. The third-order valence-corrected chi connectivity index (χ3v) is 5.80. The molecule has 16 heteroatoms. The molecule has 12 N–H and O–H groups in total. The number of carbonyl (C=O) groups is 6. The van der Waals surface area contributed by atoms with Crippen molar-refractivity contribution in [2.45, 2.75) is 69.1 Å². The van der Waals surface area contributed by atoms with Crippen LogP contribution >= 0.6 is 0 Å². The van der Waals surface area contributed by atoms with Crippen molar-refractivity contribution >= 4 is 41.6 Å². The molecule has 3 amide bonds. The summed E-state index contributed by atoms with van der Waals surface area (Å²) < 4.78 is 0. The zero-order valence-electron chi connectivity index (χ0n) is 22.3. The highest BCUT2D eigenvalue weighted by Gasteiger charge is 2.31. The first kappa shape index (κ1) is 34.3. The van der Waals surface area contributed by atoms with Crippen LogP contribution in [0.3, 0.4) is 0 Å². The molecule has 16 nitrogen and oxygen atoms in total. The fraction of sp³-hybridized carbons (Fsp3) is 0.480. The Morgan fingerprint density at radius 1 is 0.756 bits per heavy atom. The molecule has 41 heavy (non-hydrogen) atoms. The highest BCUT2D eigenvalue weighted by atomic mass is 16.4. The molecule has 0 bridgehead atoms. The van der Waals surface area contributed by atoms with Gasteiger partial charge in [-0.2, -0.15) is 0 Å². The lowest BCUT2D eigenvalue weighted by molar-refractivity contribution is -0.143. The van der Waals surface area contributed by atoms with Gasteiger partial charge in [0.05, 0.1) is 6.04 Å². The number of benzene rings is 1. The van der Waals surface area contributed by atoms with Crippen LogP contribution in [0.15, 0.2) is 30.3 Å². The Hall–Kier alpha value is -4.73. The van der Waals surface area contributed by atoms with Crippen molar-refractivity contribution in [3.63, 3.8) is 0 Å². The van der Waals surface area contributed by atoms with Crippen LogP contribution in [-0.2, 0) is 35.2 Å². The van der Waals surface area contributed by atoms with Crippen LogP contribution < -0.4 is 32.7 Å². The van der Waals surface area contributed by atoms with Gasteiger partial charge in [0.1, 0.15) is 18.1 Å². The molecule has 0 radical (unpaired) electrons. The third-order valence-electron chi connectivity index (χ3n) is 5.80. The van der Waals surface area contributed by atoms with E-state index in [1.165, 1.54) is 0 Å². The average molecular weight is 580 g/mol. The largest absolute Gasteiger partial charge is 0.481 e. The number of hydrogen-bond donors (Lipinski definition) is 10. The van der Waals surface area contributed by atoms with Crippen LogP contribution in [0.25, 0.3) is 0 Å². The molecule has 0 aliphatic heterocycles. The summed E-state index contributed by atoms with van der Waals surface area (Å²) in [6.07, 6.45) is -1.46. The monoisotopic (exact) mass is 579 g/mol. The lowest BCUT2D eigenvalue weighted by atomic mass is 10.0. The minimum Gasteiger partial charge on any atom is -0.481 e. The van der Waals surface area contributed by atoms with Crippen molar-refractivity contribution in [3.05, 3.63) is 35.9 Å². The van der Waals surface area contributed by atoms with E-state index in [-0.39, 0.29) is 31.8 Å². The minimum absolute atomic E-state index is 0.0847. The Labute approximate surface area is 235 Å². The van der Waals surface area contributed by atoms with E-state index < -0.39 is 79.1 Å². The fourth-order valence-corrected chi connectivity index (χ4v) is 3.62. The fourth-order valence-electron chi connectivity index (χ4n) is 3.62. The van der Waals surface area contributed by atoms with Gasteiger partial charge in [0.15, 0.2) is 5.96 Å². The molecule has 1 rings (SSSR count). The van der Waals surface area contributed by atoms with Gasteiger partial charge in [-0.3, -0.25) is 29.4 Å². The van der Waals surface area contributed by atoms with E-state index in [1.807, 2.05) is 0 Å². The lowest BCUT2D eigenvalue weighted by Gasteiger charge is -2.25. The van der Waals surface area contributed by atoms with Crippen molar-refractivity contribution < 1.29 is 44.1 Å². The van der Waals surface area contributed by atoms with E-state index in [2.05, 4.69) is 21.3 Å². The topological polar surface area (TPSA) is 287 Å². The molecule has 1 aromatic rings. The minimum atomic E-state index is -1.51. The molecule has 0 saturated heterocycles. The summed E-state index contributed by atoms with van der Waals surface area (Å²) in [5.41, 5.74) is 11.6. The number of carbonyl (C=O) groups excluding carboxylic acids is 3.